The summed E-state index contributed by atoms with van der Waals surface area (Å²) in [6.07, 6.45) is 0.405. The van der Waals surface area contributed by atoms with E-state index in [1.807, 2.05) is 17.1 Å². The van der Waals surface area contributed by atoms with E-state index in [0.29, 0.717) is 13.0 Å². The third-order valence-corrected chi connectivity index (χ3v) is 2.15. The van der Waals surface area contributed by atoms with E-state index in [4.69, 9.17) is 4.74 Å². The summed E-state index contributed by atoms with van der Waals surface area (Å²) < 4.78 is 6.98. The zero-order chi connectivity index (χ0) is 10.3. The van der Waals surface area contributed by atoms with Gasteiger partial charge in [0.05, 0.1) is 0 Å². The van der Waals surface area contributed by atoms with E-state index in [-0.39, 0.29) is 12.0 Å². The van der Waals surface area contributed by atoms with Crippen LogP contribution < -0.4 is 5.32 Å². The van der Waals surface area contributed by atoms with Crippen LogP contribution in [0.2, 0.25) is 0 Å². The zero-order valence-corrected chi connectivity index (χ0v) is 10.5. The Hall–Kier alpha value is 0.120. The zero-order valence-electron chi connectivity index (χ0n) is 8.34. The average Bonchev–Trinajstić information content (AvgIpc) is 2.05. The van der Waals surface area contributed by atoms with Gasteiger partial charge in [-0.2, -0.15) is 0 Å². The van der Waals surface area contributed by atoms with Gasteiger partial charge in [-0.3, -0.25) is 4.79 Å². The number of hydrogen-bond donors (Lipinski definition) is 1. The first-order chi connectivity index (χ1) is 6.11. The predicted molar refractivity (Wildman–Crippen MR) is 60.7 cm³/mol. The first-order valence-corrected chi connectivity index (χ1v) is 5.25. The van der Waals surface area contributed by atoms with Crippen LogP contribution >= 0.6 is 22.9 Å². The van der Waals surface area contributed by atoms with Crippen LogP contribution in [0.4, 0.5) is 0 Å². The molecule has 0 saturated carbocycles. The number of halogens is 1. The van der Waals surface area contributed by atoms with Crippen molar-refractivity contribution in [2.45, 2.75) is 19.4 Å². The molecule has 0 aliphatic rings. The predicted octanol–water partition coefficient (Wildman–Crippen LogP) is 0.809. The van der Waals surface area contributed by atoms with E-state index in [0.717, 1.165) is 6.54 Å². The molecular formula is C8H17IN2O2. The highest BCUT2D eigenvalue weighted by molar-refractivity contribution is 14.1. The van der Waals surface area contributed by atoms with Crippen LogP contribution in [0, 0.1) is 0 Å². The van der Waals surface area contributed by atoms with Crippen molar-refractivity contribution in [2.75, 3.05) is 27.2 Å². The fourth-order valence-electron chi connectivity index (χ4n) is 0.906. The summed E-state index contributed by atoms with van der Waals surface area (Å²) in [5.41, 5.74) is 0. The molecule has 0 bridgehead atoms. The molecule has 1 unspecified atom stereocenters. The lowest BCUT2D eigenvalue weighted by Crippen LogP contribution is -2.38. The van der Waals surface area contributed by atoms with Crippen LogP contribution in [0.3, 0.4) is 0 Å². The normalized spacial score (nSPS) is 13.0. The highest BCUT2D eigenvalue weighted by Crippen LogP contribution is 1.95. The number of nitrogens with one attached hydrogen (secondary N) is 1. The van der Waals surface area contributed by atoms with Gasteiger partial charge in [-0.25, -0.2) is 3.11 Å². The Kier molecular flexibility index (Phi) is 7.59. The molecule has 1 amide bonds. The molecular weight excluding hydrogens is 283 g/mol. The minimum absolute atomic E-state index is 0.0248. The summed E-state index contributed by atoms with van der Waals surface area (Å²) in [6.45, 7) is 3.43. The average molecular weight is 300 g/mol. The molecule has 1 N–H and O–H groups in total. The summed E-state index contributed by atoms with van der Waals surface area (Å²) in [5, 5.41) is 2.81. The second-order valence-electron chi connectivity index (χ2n) is 2.75. The van der Waals surface area contributed by atoms with Crippen LogP contribution in [0.15, 0.2) is 0 Å². The van der Waals surface area contributed by atoms with Crippen LogP contribution in [0.5, 0.6) is 0 Å². The minimum atomic E-state index is -0.306. The van der Waals surface area contributed by atoms with Gasteiger partial charge >= 0.3 is 0 Å². The Morgan fingerprint density at radius 2 is 2.31 bits per heavy atom. The first-order valence-electron chi connectivity index (χ1n) is 4.29. The molecule has 0 radical (unpaired) electrons. The van der Waals surface area contributed by atoms with E-state index in [9.17, 15) is 4.79 Å². The smallest absolute Gasteiger partial charge is 0.249 e. The van der Waals surface area contributed by atoms with Gasteiger partial charge in [0.1, 0.15) is 6.10 Å². The third kappa shape index (κ3) is 6.23. The molecule has 0 heterocycles. The maximum atomic E-state index is 11.3. The highest BCUT2D eigenvalue weighted by atomic mass is 127. The van der Waals surface area contributed by atoms with Crippen molar-refractivity contribution < 1.29 is 9.53 Å². The van der Waals surface area contributed by atoms with Crippen molar-refractivity contribution in [1.82, 2.24) is 8.43 Å². The lowest BCUT2D eigenvalue weighted by Gasteiger charge is -2.14. The molecule has 0 saturated heterocycles. The molecule has 0 aliphatic heterocycles. The van der Waals surface area contributed by atoms with Crippen molar-refractivity contribution in [3.8, 4) is 0 Å². The van der Waals surface area contributed by atoms with Crippen molar-refractivity contribution in [1.29, 1.82) is 0 Å². The molecule has 0 aromatic rings. The third-order valence-electron chi connectivity index (χ3n) is 1.67. The minimum Gasteiger partial charge on any atom is -0.372 e. The summed E-state index contributed by atoms with van der Waals surface area (Å²) in [5.74, 6) is -0.0248. The molecule has 5 heteroatoms. The van der Waals surface area contributed by atoms with Gasteiger partial charge in [-0.05, 0) is 13.5 Å². The summed E-state index contributed by atoms with van der Waals surface area (Å²) in [6, 6.07) is 0. The van der Waals surface area contributed by atoms with Gasteiger partial charge in [-0.1, -0.05) is 6.92 Å². The number of carbonyl (C=O) groups is 1. The van der Waals surface area contributed by atoms with E-state index in [1.165, 1.54) is 0 Å². The number of methoxy groups -OCH3 is 1. The monoisotopic (exact) mass is 300 g/mol. The second-order valence-corrected chi connectivity index (χ2v) is 4.40. The van der Waals surface area contributed by atoms with Gasteiger partial charge in [0.2, 0.25) is 5.91 Å². The van der Waals surface area contributed by atoms with Gasteiger partial charge in [-0.15, -0.1) is 0 Å². The molecule has 0 rings (SSSR count). The van der Waals surface area contributed by atoms with Crippen molar-refractivity contribution in [3.63, 3.8) is 0 Å². The van der Waals surface area contributed by atoms with Gasteiger partial charge < -0.3 is 10.1 Å². The summed E-state index contributed by atoms with van der Waals surface area (Å²) >= 11 is 2.18. The van der Waals surface area contributed by atoms with E-state index < -0.39 is 0 Å². The van der Waals surface area contributed by atoms with Crippen molar-refractivity contribution in [2.24, 2.45) is 0 Å². The fourth-order valence-corrected chi connectivity index (χ4v) is 1.15. The maximum absolute atomic E-state index is 11.3. The van der Waals surface area contributed by atoms with E-state index >= 15 is 0 Å². The van der Waals surface area contributed by atoms with Crippen LogP contribution in [-0.4, -0.2) is 42.4 Å². The van der Waals surface area contributed by atoms with Gasteiger partial charge in [0.15, 0.2) is 0 Å². The number of nitrogens with zero attached hydrogens (tertiary/aromatic N) is 1. The lowest BCUT2D eigenvalue weighted by molar-refractivity contribution is -0.131. The number of likely N-dealkylation sites (N-methyl/N-ethyl adjacent to an activating group) is 1. The second kappa shape index (κ2) is 7.52. The topological polar surface area (TPSA) is 41.6 Å². The van der Waals surface area contributed by atoms with Gasteiger partial charge in [0, 0.05) is 43.1 Å². The molecule has 0 aliphatic carbocycles. The molecule has 13 heavy (non-hydrogen) atoms. The number of amides is 1. The molecule has 0 spiro atoms. The molecule has 0 aromatic carbocycles. The first kappa shape index (κ1) is 13.1. The fraction of sp³-hybridized carbons (Fsp3) is 0.875. The summed E-state index contributed by atoms with van der Waals surface area (Å²) in [4.78, 5) is 11.3. The molecule has 78 valence electrons. The quantitative estimate of drug-likeness (QED) is 0.583. The standard InChI is InChI=1S/C8H17IN2O2/c1-4-7(13-3)8(12)10-5-6-11(2)9/h7H,4-6H2,1-3H3,(H,10,12). The Labute approximate surface area is 93.5 Å². The molecule has 0 aromatic heterocycles. The maximum Gasteiger partial charge on any atom is 0.249 e. The van der Waals surface area contributed by atoms with Crippen molar-refractivity contribution >= 4 is 28.8 Å². The lowest BCUT2D eigenvalue weighted by atomic mass is 10.2. The summed E-state index contributed by atoms with van der Waals surface area (Å²) in [7, 11) is 3.51. The highest BCUT2D eigenvalue weighted by Gasteiger charge is 2.13. The van der Waals surface area contributed by atoms with Gasteiger partial charge in [0.25, 0.3) is 0 Å². The molecule has 1 atom stereocenters. The number of carbonyl (C=O) groups excluding carboxylic acids is 1. The Morgan fingerprint density at radius 3 is 2.69 bits per heavy atom. The Morgan fingerprint density at radius 1 is 1.69 bits per heavy atom. The van der Waals surface area contributed by atoms with Crippen LogP contribution in [-0.2, 0) is 9.53 Å². The van der Waals surface area contributed by atoms with E-state index in [2.05, 4.69) is 28.2 Å². The Balaban J connectivity index is 3.60. The number of ether oxygens (including phenoxy) is 1. The van der Waals surface area contributed by atoms with Crippen molar-refractivity contribution in [3.05, 3.63) is 0 Å². The van der Waals surface area contributed by atoms with Crippen LogP contribution in [0.1, 0.15) is 13.3 Å². The number of rotatable bonds is 6. The molecule has 4 nitrogen and oxygen atoms in total. The molecule has 0 fully saturated rings. The Bertz CT molecular complexity index is 149. The van der Waals surface area contributed by atoms with Crippen LogP contribution in [0.25, 0.3) is 0 Å². The van der Waals surface area contributed by atoms with E-state index in [1.54, 1.807) is 7.11 Å². The SMILES string of the molecule is CCC(OC)C(=O)NCCN(C)I. The largest absolute Gasteiger partial charge is 0.372 e. The number of hydrogen-bond acceptors (Lipinski definition) is 3.